The van der Waals surface area contributed by atoms with Gasteiger partial charge < -0.3 is 15.0 Å². The summed E-state index contributed by atoms with van der Waals surface area (Å²) in [6, 6.07) is 0.357. The van der Waals surface area contributed by atoms with Gasteiger partial charge in [-0.2, -0.15) is 0 Å². The van der Waals surface area contributed by atoms with Gasteiger partial charge in [-0.15, -0.1) is 10.2 Å². The second kappa shape index (κ2) is 8.33. The predicted molar refractivity (Wildman–Crippen MR) is 101 cm³/mol. The van der Waals surface area contributed by atoms with Crippen molar-refractivity contribution in [3.8, 4) is 0 Å². The Bertz CT molecular complexity index is 571. The highest BCUT2D eigenvalue weighted by atomic mass is 16.5. The van der Waals surface area contributed by atoms with Crippen LogP contribution in [0.3, 0.4) is 0 Å². The first kappa shape index (κ1) is 18.3. The molecule has 0 unspecified atom stereocenters. The molecule has 0 radical (unpaired) electrons. The Morgan fingerprint density at radius 3 is 2.42 bits per heavy atom. The first-order valence-electron chi connectivity index (χ1n) is 10.4. The predicted octanol–water partition coefficient (Wildman–Crippen LogP) is 1.05. The first-order chi connectivity index (χ1) is 12.7. The summed E-state index contributed by atoms with van der Waals surface area (Å²) in [5.41, 5.74) is 5.96. The summed E-state index contributed by atoms with van der Waals surface area (Å²) in [6.07, 6.45) is 4.71. The van der Waals surface area contributed by atoms with E-state index in [0.29, 0.717) is 12.0 Å². The van der Waals surface area contributed by atoms with Gasteiger partial charge in [0.15, 0.2) is 0 Å². The third kappa shape index (κ3) is 4.11. The van der Waals surface area contributed by atoms with Gasteiger partial charge in [-0.1, -0.05) is 0 Å². The molecule has 0 amide bonds. The van der Waals surface area contributed by atoms with Crippen molar-refractivity contribution in [3.05, 3.63) is 11.6 Å². The Labute approximate surface area is 156 Å². The molecule has 0 spiro atoms. The van der Waals surface area contributed by atoms with E-state index in [0.717, 1.165) is 69.8 Å². The third-order valence-electron chi connectivity index (χ3n) is 6.40. The van der Waals surface area contributed by atoms with Gasteiger partial charge in [-0.3, -0.25) is 9.80 Å². The lowest BCUT2D eigenvalue weighted by Gasteiger charge is -2.36. The Morgan fingerprint density at radius 1 is 1.04 bits per heavy atom. The lowest BCUT2D eigenvalue weighted by atomic mass is 9.80. The Kier molecular flexibility index (Phi) is 5.88. The molecular weight excluding hydrogens is 328 g/mol. The number of ether oxygens (including phenoxy) is 1. The van der Waals surface area contributed by atoms with Crippen LogP contribution in [-0.2, 0) is 17.8 Å². The van der Waals surface area contributed by atoms with E-state index >= 15 is 0 Å². The van der Waals surface area contributed by atoms with Crippen LogP contribution in [-0.4, -0.2) is 76.5 Å². The molecule has 26 heavy (non-hydrogen) atoms. The van der Waals surface area contributed by atoms with Crippen molar-refractivity contribution in [2.24, 2.45) is 11.7 Å². The lowest BCUT2D eigenvalue weighted by molar-refractivity contribution is 0.0240. The second-order valence-electron chi connectivity index (χ2n) is 8.28. The molecule has 7 heteroatoms. The van der Waals surface area contributed by atoms with Crippen LogP contribution >= 0.6 is 0 Å². The Hall–Kier alpha value is -1.02. The van der Waals surface area contributed by atoms with Gasteiger partial charge in [-0.25, -0.2) is 0 Å². The summed E-state index contributed by atoms with van der Waals surface area (Å²) < 4.78 is 7.79. The van der Waals surface area contributed by atoms with Crippen molar-refractivity contribution < 1.29 is 4.74 Å². The smallest absolute Gasteiger partial charge is 0.147 e. The highest BCUT2D eigenvalue weighted by Crippen LogP contribution is 2.35. The van der Waals surface area contributed by atoms with Crippen LogP contribution in [0, 0.1) is 5.92 Å². The molecule has 1 aliphatic carbocycles. The van der Waals surface area contributed by atoms with Gasteiger partial charge in [0.2, 0.25) is 0 Å². The summed E-state index contributed by atoms with van der Waals surface area (Å²) in [5, 5.41) is 9.04. The quantitative estimate of drug-likeness (QED) is 0.815. The van der Waals surface area contributed by atoms with Crippen molar-refractivity contribution in [2.45, 2.75) is 57.7 Å². The first-order valence-corrected chi connectivity index (χ1v) is 10.4. The van der Waals surface area contributed by atoms with Gasteiger partial charge in [0.05, 0.1) is 19.8 Å². The van der Waals surface area contributed by atoms with E-state index in [2.05, 4.69) is 31.5 Å². The maximum absolute atomic E-state index is 5.96. The minimum absolute atomic E-state index is 0.357. The fourth-order valence-electron chi connectivity index (χ4n) is 4.66. The summed E-state index contributed by atoms with van der Waals surface area (Å²) in [5.74, 6) is 3.65. The SMILES string of the molecule is CCn1c(CN2CCC(CN3CCOCC3)CC2)nnc1C1CC(N)C1. The van der Waals surface area contributed by atoms with Crippen molar-refractivity contribution >= 4 is 0 Å². The van der Waals surface area contributed by atoms with E-state index in [9.17, 15) is 0 Å². The highest BCUT2D eigenvalue weighted by Gasteiger charge is 2.32. The van der Waals surface area contributed by atoms with Gasteiger partial charge in [0.25, 0.3) is 0 Å². The van der Waals surface area contributed by atoms with E-state index in [1.165, 1.54) is 32.5 Å². The Balaban J connectivity index is 1.27. The molecular formula is C19H34N6O. The van der Waals surface area contributed by atoms with E-state index in [-0.39, 0.29) is 0 Å². The number of aromatic nitrogens is 3. The average molecular weight is 363 g/mol. The zero-order chi connectivity index (χ0) is 17.9. The lowest BCUT2D eigenvalue weighted by Crippen LogP contribution is -2.42. The maximum atomic E-state index is 5.96. The van der Waals surface area contributed by atoms with Crippen LogP contribution < -0.4 is 5.73 Å². The number of hydrogen-bond donors (Lipinski definition) is 1. The van der Waals surface area contributed by atoms with Crippen LogP contribution in [0.2, 0.25) is 0 Å². The van der Waals surface area contributed by atoms with E-state index < -0.39 is 0 Å². The molecule has 3 heterocycles. The van der Waals surface area contributed by atoms with Crippen molar-refractivity contribution in [1.82, 2.24) is 24.6 Å². The number of rotatable bonds is 6. The molecule has 2 N–H and O–H groups in total. The summed E-state index contributed by atoms with van der Waals surface area (Å²) in [7, 11) is 0. The second-order valence-corrected chi connectivity index (χ2v) is 8.28. The molecule has 0 bridgehead atoms. The topological polar surface area (TPSA) is 72.4 Å². The largest absolute Gasteiger partial charge is 0.379 e. The van der Waals surface area contributed by atoms with Crippen LogP contribution in [0.4, 0.5) is 0 Å². The summed E-state index contributed by atoms with van der Waals surface area (Å²) in [6.45, 7) is 11.7. The fourth-order valence-corrected chi connectivity index (χ4v) is 4.66. The van der Waals surface area contributed by atoms with Crippen molar-refractivity contribution in [1.29, 1.82) is 0 Å². The molecule has 3 aliphatic rings. The van der Waals surface area contributed by atoms with Gasteiger partial charge in [0.1, 0.15) is 11.6 Å². The average Bonchev–Trinajstić information content (AvgIpc) is 3.03. The minimum Gasteiger partial charge on any atom is -0.379 e. The molecule has 7 nitrogen and oxygen atoms in total. The molecule has 1 aromatic rings. The van der Waals surface area contributed by atoms with Crippen LogP contribution in [0.5, 0.6) is 0 Å². The number of nitrogens with zero attached hydrogens (tertiary/aromatic N) is 5. The monoisotopic (exact) mass is 362 g/mol. The van der Waals surface area contributed by atoms with E-state index in [1.807, 2.05) is 0 Å². The summed E-state index contributed by atoms with van der Waals surface area (Å²) >= 11 is 0. The van der Waals surface area contributed by atoms with Crippen LogP contribution in [0.25, 0.3) is 0 Å². The van der Waals surface area contributed by atoms with Crippen molar-refractivity contribution in [2.75, 3.05) is 45.9 Å². The zero-order valence-corrected chi connectivity index (χ0v) is 16.1. The standard InChI is InChI=1S/C19H34N6O/c1-2-25-18(21-22-19(25)16-11-17(20)12-16)14-23-5-3-15(4-6-23)13-24-7-9-26-10-8-24/h15-17H,2-14,20H2,1H3. The molecule has 0 atom stereocenters. The minimum atomic E-state index is 0.357. The molecule has 146 valence electrons. The number of hydrogen-bond acceptors (Lipinski definition) is 6. The number of piperidine rings is 1. The van der Waals surface area contributed by atoms with E-state index in [4.69, 9.17) is 10.5 Å². The normalized spacial score (nSPS) is 29.0. The highest BCUT2D eigenvalue weighted by molar-refractivity contribution is 5.08. The molecule has 2 saturated heterocycles. The maximum Gasteiger partial charge on any atom is 0.147 e. The zero-order valence-electron chi connectivity index (χ0n) is 16.1. The van der Waals surface area contributed by atoms with Gasteiger partial charge in [-0.05, 0) is 51.6 Å². The number of nitrogens with two attached hydrogens (primary N) is 1. The molecule has 0 aromatic carbocycles. The van der Waals surface area contributed by atoms with Gasteiger partial charge >= 0.3 is 0 Å². The van der Waals surface area contributed by atoms with Crippen LogP contribution in [0.15, 0.2) is 0 Å². The molecule has 3 fully saturated rings. The van der Waals surface area contributed by atoms with E-state index in [1.54, 1.807) is 0 Å². The van der Waals surface area contributed by atoms with Crippen LogP contribution in [0.1, 0.15) is 50.2 Å². The molecule has 1 saturated carbocycles. The number of morpholine rings is 1. The van der Waals surface area contributed by atoms with Crippen molar-refractivity contribution in [3.63, 3.8) is 0 Å². The fraction of sp³-hybridized carbons (Fsp3) is 0.895. The summed E-state index contributed by atoms with van der Waals surface area (Å²) in [4.78, 5) is 5.13. The molecule has 2 aliphatic heterocycles. The molecule has 4 rings (SSSR count). The Morgan fingerprint density at radius 2 is 1.77 bits per heavy atom. The number of likely N-dealkylation sites (tertiary alicyclic amines) is 1. The van der Waals surface area contributed by atoms with Gasteiger partial charge in [0, 0.05) is 38.1 Å². The third-order valence-corrected chi connectivity index (χ3v) is 6.40. The molecule has 1 aromatic heterocycles.